The van der Waals surface area contributed by atoms with E-state index in [1.807, 2.05) is 0 Å². The lowest BCUT2D eigenvalue weighted by atomic mass is 10.2. The van der Waals surface area contributed by atoms with Gasteiger partial charge in [-0.15, -0.1) is 0 Å². The lowest BCUT2D eigenvalue weighted by Crippen LogP contribution is -2.21. The predicted molar refractivity (Wildman–Crippen MR) is 83.2 cm³/mol. The van der Waals surface area contributed by atoms with Gasteiger partial charge in [-0.2, -0.15) is 27.1 Å². The molecular weight excluding hydrogens is 451 g/mol. The molecule has 15 heteroatoms. The summed E-state index contributed by atoms with van der Waals surface area (Å²) in [6.45, 7) is -0.324. The first-order valence-corrected chi connectivity index (χ1v) is 7.44. The summed E-state index contributed by atoms with van der Waals surface area (Å²) in [5.74, 6) is -2.50. The number of rotatable bonds is 4. The number of H-pyrrole nitrogens is 1. The van der Waals surface area contributed by atoms with E-state index in [9.17, 15) is 26.7 Å². The standard InChI is InChI=1S/C10H9BrF2N6O.C2HF3O2/c11-6-3-16-8(4-15-6)19-7(17-18-10(19)20)1-5(2-14)9(12)13;3-2(4,5)1(6)7/h3-4H,1-2,14H2,(H,18,20);(H,6,7). The van der Waals surface area contributed by atoms with Crippen molar-refractivity contribution in [3.05, 3.63) is 45.0 Å². The topological polar surface area (TPSA) is 140 Å². The van der Waals surface area contributed by atoms with Gasteiger partial charge in [0.05, 0.1) is 12.4 Å². The minimum atomic E-state index is -5.08. The number of hydrogen-bond acceptors (Lipinski definition) is 6. The summed E-state index contributed by atoms with van der Waals surface area (Å²) in [6.07, 6.45) is -4.51. The minimum Gasteiger partial charge on any atom is -0.475 e. The summed E-state index contributed by atoms with van der Waals surface area (Å²) >= 11 is 3.11. The van der Waals surface area contributed by atoms with Crippen LogP contribution < -0.4 is 11.4 Å². The molecule has 0 aromatic carbocycles. The van der Waals surface area contributed by atoms with E-state index < -0.39 is 23.9 Å². The normalized spacial score (nSPS) is 10.8. The molecule has 0 amide bonds. The van der Waals surface area contributed by atoms with Crippen molar-refractivity contribution < 1.29 is 31.9 Å². The van der Waals surface area contributed by atoms with Crippen LogP contribution in [0.2, 0.25) is 0 Å². The number of carboxylic acid groups (broad SMARTS) is 1. The highest BCUT2D eigenvalue weighted by Crippen LogP contribution is 2.14. The Morgan fingerprint density at radius 3 is 2.30 bits per heavy atom. The van der Waals surface area contributed by atoms with Crippen molar-refractivity contribution >= 4 is 21.9 Å². The molecule has 2 aromatic rings. The molecule has 0 radical (unpaired) electrons. The van der Waals surface area contributed by atoms with Crippen LogP contribution in [0.4, 0.5) is 22.0 Å². The Bertz CT molecular complexity index is 873. The molecule has 0 aliphatic heterocycles. The second-order valence-corrected chi connectivity index (χ2v) is 5.34. The summed E-state index contributed by atoms with van der Waals surface area (Å²) in [6, 6.07) is 0. The maximum absolute atomic E-state index is 12.6. The van der Waals surface area contributed by atoms with Crippen LogP contribution >= 0.6 is 15.9 Å². The largest absolute Gasteiger partial charge is 0.490 e. The summed E-state index contributed by atoms with van der Waals surface area (Å²) in [7, 11) is 0. The molecule has 0 bridgehead atoms. The van der Waals surface area contributed by atoms with Gasteiger partial charge in [-0.3, -0.25) is 0 Å². The molecule has 27 heavy (non-hydrogen) atoms. The van der Waals surface area contributed by atoms with Crippen molar-refractivity contribution in [1.82, 2.24) is 24.7 Å². The fraction of sp³-hybridized carbons (Fsp3) is 0.250. The Kier molecular flexibility index (Phi) is 7.71. The van der Waals surface area contributed by atoms with Gasteiger partial charge >= 0.3 is 17.8 Å². The second-order valence-electron chi connectivity index (χ2n) is 4.53. The number of carboxylic acids is 1. The number of aliphatic carboxylic acids is 1. The molecule has 0 aliphatic carbocycles. The lowest BCUT2D eigenvalue weighted by molar-refractivity contribution is -0.192. The zero-order valence-corrected chi connectivity index (χ0v) is 14.6. The van der Waals surface area contributed by atoms with Crippen molar-refractivity contribution in [1.29, 1.82) is 0 Å². The number of nitrogens with two attached hydrogens (primary N) is 1. The van der Waals surface area contributed by atoms with Crippen LogP contribution in [0, 0.1) is 0 Å². The minimum absolute atomic E-state index is 0.0832. The summed E-state index contributed by atoms with van der Waals surface area (Å²) in [4.78, 5) is 28.5. The van der Waals surface area contributed by atoms with E-state index in [1.165, 1.54) is 12.4 Å². The van der Waals surface area contributed by atoms with Crippen molar-refractivity contribution in [2.45, 2.75) is 12.6 Å². The van der Waals surface area contributed by atoms with E-state index in [2.05, 4.69) is 36.1 Å². The molecule has 9 nitrogen and oxygen atoms in total. The number of hydrogen-bond donors (Lipinski definition) is 3. The van der Waals surface area contributed by atoms with E-state index in [4.69, 9.17) is 15.6 Å². The Labute approximate surface area is 154 Å². The molecule has 2 heterocycles. The quantitative estimate of drug-likeness (QED) is 0.585. The summed E-state index contributed by atoms with van der Waals surface area (Å²) < 4.78 is 58.5. The van der Waals surface area contributed by atoms with E-state index in [0.717, 1.165) is 4.57 Å². The van der Waals surface area contributed by atoms with Gasteiger partial charge in [-0.1, -0.05) is 0 Å². The molecule has 4 N–H and O–H groups in total. The van der Waals surface area contributed by atoms with Crippen LogP contribution in [0.5, 0.6) is 0 Å². The van der Waals surface area contributed by atoms with Crippen molar-refractivity contribution in [2.24, 2.45) is 5.73 Å². The summed E-state index contributed by atoms with van der Waals surface area (Å²) in [5, 5.41) is 13.0. The molecule has 0 saturated carbocycles. The van der Waals surface area contributed by atoms with E-state index >= 15 is 0 Å². The molecular formula is C12H10BrF5N6O3. The van der Waals surface area contributed by atoms with Crippen molar-refractivity contribution in [3.63, 3.8) is 0 Å². The van der Waals surface area contributed by atoms with Crippen LogP contribution in [0.25, 0.3) is 5.82 Å². The SMILES string of the molecule is NCC(Cc1n[nH]c(=O)n1-c1cnc(Br)cn1)=C(F)F.O=C(O)C(F)(F)F. The third-order valence-electron chi connectivity index (χ3n) is 2.71. The third-order valence-corrected chi connectivity index (χ3v) is 3.11. The van der Waals surface area contributed by atoms with Gasteiger partial charge in [0.2, 0.25) is 0 Å². The molecule has 148 valence electrons. The molecule has 0 saturated heterocycles. The highest BCUT2D eigenvalue weighted by molar-refractivity contribution is 9.10. The monoisotopic (exact) mass is 460 g/mol. The van der Waals surface area contributed by atoms with Crippen molar-refractivity contribution in [3.8, 4) is 5.82 Å². The Balaban J connectivity index is 0.000000445. The Hall–Kier alpha value is -2.68. The van der Waals surface area contributed by atoms with Gasteiger partial charge in [-0.25, -0.2) is 29.2 Å². The number of halogens is 6. The number of alkyl halides is 3. The molecule has 2 aromatic heterocycles. The molecule has 0 atom stereocenters. The van der Waals surface area contributed by atoms with Crippen LogP contribution in [-0.2, 0) is 11.2 Å². The second kappa shape index (κ2) is 9.31. The first-order chi connectivity index (χ1) is 12.5. The maximum Gasteiger partial charge on any atom is 0.490 e. The van der Waals surface area contributed by atoms with Crippen LogP contribution in [0.1, 0.15) is 5.82 Å². The van der Waals surface area contributed by atoms with Crippen LogP contribution in [0.15, 0.2) is 33.4 Å². The summed E-state index contributed by atoms with van der Waals surface area (Å²) in [5.41, 5.74) is 4.35. The average Bonchev–Trinajstić information content (AvgIpc) is 2.93. The fourth-order valence-electron chi connectivity index (χ4n) is 1.51. The van der Waals surface area contributed by atoms with Gasteiger partial charge in [0.1, 0.15) is 10.4 Å². The lowest BCUT2D eigenvalue weighted by Gasteiger charge is -2.05. The number of aromatic nitrogens is 5. The third kappa shape index (κ3) is 6.52. The number of nitrogens with one attached hydrogen (secondary N) is 1. The van der Waals surface area contributed by atoms with Crippen molar-refractivity contribution in [2.75, 3.05) is 6.54 Å². The highest BCUT2D eigenvalue weighted by Gasteiger charge is 2.38. The predicted octanol–water partition coefficient (Wildman–Crippen LogP) is 1.40. The highest BCUT2D eigenvalue weighted by atomic mass is 79.9. The molecule has 0 spiro atoms. The van der Waals surface area contributed by atoms with E-state index in [0.29, 0.717) is 4.60 Å². The van der Waals surface area contributed by atoms with E-state index in [-0.39, 0.29) is 30.2 Å². The van der Waals surface area contributed by atoms with Gasteiger partial charge in [0.25, 0.3) is 6.08 Å². The zero-order valence-electron chi connectivity index (χ0n) is 13.0. The Morgan fingerprint density at radius 1 is 1.30 bits per heavy atom. The average molecular weight is 461 g/mol. The Morgan fingerprint density at radius 2 is 1.89 bits per heavy atom. The molecule has 0 aliphatic rings. The smallest absolute Gasteiger partial charge is 0.475 e. The first kappa shape index (κ1) is 22.4. The fourth-order valence-corrected chi connectivity index (χ4v) is 1.72. The van der Waals surface area contributed by atoms with Gasteiger partial charge < -0.3 is 10.8 Å². The van der Waals surface area contributed by atoms with Crippen LogP contribution in [0.3, 0.4) is 0 Å². The molecule has 0 unspecified atom stereocenters. The number of aromatic amines is 1. The number of carbonyl (C=O) groups is 1. The first-order valence-electron chi connectivity index (χ1n) is 6.64. The van der Waals surface area contributed by atoms with Gasteiger partial charge in [0, 0.05) is 18.5 Å². The van der Waals surface area contributed by atoms with E-state index in [1.54, 1.807) is 0 Å². The van der Waals surface area contributed by atoms with Gasteiger partial charge in [-0.05, 0) is 15.9 Å². The number of nitrogens with zero attached hydrogens (tertiary/aromatic N) is 4. The van der Waals surface area contributed by atoms with Crippen LogP contribution in [-0.4, -0.2) is 48.5 Å². The maximum atomic E-state index is 12.6. The molecule has 0 fully saturated rings. The molecule has 2 rings (SSSR count). The zero-order chi connectivity index (χ0) is 20.8. The van der Waals surface area contributed by atoms with Gasteiger partial charge in [0.15, 0.2) is 5.82 Å².